The average Bonchev–Trinajstić information content (AvgIpc) is 3.45. The SMILES string of the molecule is CNc1cnccc1-c1cccc2cc(-c3ccnc(NCCN4CCNC4=O)n3)sc12. The maximum Gasteiger partial charge on any atom is 0.317 e. The highest BCUT2D eigenvalue weighted by Gasteiger charge is 2.18. The van der Waals surface area contributed by atoms with Crippen molar-refractivity contribution in [2.24, 2.45) is 0 Å². The molecule has 1 fully saturated rings. The van der Waals surface area contributed by atoms with Gasteiger partial charge in [-0.05, 0) is 23.6 Å². The molecular formula is C23H23N7OS. The van der Waals surface area contributed by atoms with Gasteiger partial charge in [-0.15, -0.1) is 11.3 Å². The van der Waals surface area contributed by atoms with Gasteiger partial charge in [-0.2, -0.15) is 0 Å². The van der Waals surface area contributed by atoms with Gasteiger partial charge in [0.2, 0.25) is 5.95 Å². The van der Waals surface area contributed by atoms with Crippen LogP contribution in [0.2, 0.25) is 0 Å². The molecule has 0 radical (unpaired) electrons. The van der Waals surface area contributed by atoms with Crippen LogP contribution in [0.15, 0.2) is 55.0 Å². The molecule has 0 unspecified atom stereocenters. The van der Waals surface area contributed by atoms with Crippen LogP contribution >= 0.6 is 11.3 Å². The summed E-state index contributed by atoms with van der Waals surface area (Å²) in [5, 5.41) is 10.4. The summed E-state index contributed by atoms with van der Waals surface area (Å²) in [4.78, 5) is 27.8. The van der Waals surface area contributed by atoms with E-state index in [9.17, 15) is 4.79 Å². The molecule has 5 rings (SSSR count). The van der Waals surface area contributed by atoms with Crippen molar-refractivity contribution in [3.05, 3.63) is 55.0 Å². The van der Waals surface area contributed by atoms with E-state index in [1.165, 1.54) is 15.6 Å². The minimum Gasteiger partial charge on any atom is -0.386 e. The second kappa shape index (κ2) is 8.80. The Labute approximate surface area is 189 Å². The van der Waals surface area contributed by atoms with E-state index in [1.54, 1.807) is 22.4 Å². The number of benzene rings is 1. The second-order valence-corrected chi connectivity index (χ2v) is 8.47. The Morgan fingerprint density at radius 3 is 2.97 bits per heavy atom. The number of aromatic nitrogens is 3. The fraction of sp³-hybridized carbons (Fsp3) is 0.217. The van der Waals surface area contributed by atoms with E-state index in [0.29, 0.717) is 25.6 Å². The van der Waals surface area contributed by atoms with Crippen LogP contribution in [0.3, 0.4) is 0 Å². The van der Waals surface area contributed by atoms with Crippen molar-refractivity contribution in [3.63, 3.8) is 0 Å². The van der Waals surface area contributed by atoms with Crippen molar-refractivity contribution in [1.29, 1.82) is 0 Å². The van der Waals surface area contributed by atoms with Crippen LogP contribution in [0.1, 0.15) is 0 Å². The molecule has 2 amide bonds. The fourth-order valence-electron chi connectivity index (χ4n) is 3.84. The smallest absolute Gasteiger partial charge is 0.317 e. The molecule has 0 bridgehead atoms. The molecule has 4 aromatic rings. The number of anilines is 2. The maximum atomic E-state index is 11.7. The van der Waals surface area contributed by atoms with Gasteiger partial charge in [-0.25, -0.2) is 14.8 Å². The lowest BCUT2D eigenvalue weighted by Crippen LogP contribution is -2.32. The Kier molecular flexibility index (Phi) is 5.55. The monoisotopic (exact) mass is 445 g/mol. The number of hydrogen-bond donors (Lipinski definition) is 3. The first kappa shape index (κ1) is 20.2. The van der Waals surface area contributed by atoms with Crippen LogP contribution in [0.25, 0.3) is 31.8 Å². The summed E-state index contributed by atoms with van der Waals surface area (Å²) < 4.78 is 1.21. The van der Waals surface area contributed by atoms with Crippen LogP contribution in [0, 0.1) is 0 Å². The van der Waals surface area contributed by atoms with Gasteiger partial charge < -0.3 is 20.9 Å². The highest BCUT2D eigenvalue weighted by Crippen LogP contribution is 2.40. The number of nitrogens with zero attached hydrogens (tertiary/aromatic N) is 4. The molecule has 1 aliphatic rings. The number of fused-ring (bicyclic) bond motifs is 1. The van der Waals surface area contributed by atoms with Crippen LogP contribution in [0.5, 0.6) is 0 Å². The molecule has 0 atom stereocenters. The molecule has 0 spiro atoms. The van der Waals surface area contributed by atoms with Crippen molar-refractivity contribution in [2.75, 3.05) is 43.9 Å². The van der Waals surface area contributed by atoms with Gasteiger partial charge in [0.15, 0.2) is 0 Å². The normalized spacial score (nSPS) is 13.4. The van der Waals surface area contributed by atoms with Crippen LogP contribution in [0.4, 0.5) is 16.4 Å². The number of urea groups is 1. The van der Waals surface area contributed by atoms with E-state index >= 15 is 0 Å². The number of hydrogen-bond acceptors (Lipinski definition) is 7. The highest BCUT2D eigenvalue weighted by atomic mass is 32.1. The van der Waals surface area contributed by atoms with Crippen molar-refractivity contribution in [1.82, 2.24) is 25.2 Å². The highest BCUT2D eigenvalue weighted by molar-refractivity contribution is 7.22. The van der Waals surface area contributed by atoms with Crippen LogP contribution < -0.4 is 16.0 Å². The molecule has 0 saturated carbocycles. The molecule has 32 heavy (non-hydrogen) atoms. The van der Waals surface area contributed by atoms with Crippen molar-refractivity contribution < 1.29 is 4.79 Å². The van der Waals surface area contributed by atoms with E-state index in [2.05, 4.69) is 50.2 Å². The van der Waals surface area contributed by atoms with Crippen LogP contribution in [-0.2, 0) is 0 Å². The standard InChI is InChI=1S/C23H23N7OS/c1-24-19-14-25-7-5-16(19)17-4-2-3-15-13-20(32-21(15)17)18-6-8-26-22(29-18)27-9-11-30-12-10-28-23(30)31/h2-8,13-14,24H,9-12H2,1H3,(H,28,31)(H,26,27,29). The zero-order chi connectivity index (χ0) is 21.9. The van der Waals surface area contributed by atoms with Gasteiger partial charge >= 0.3 is 6.03 Å². The predicted octanol–water partition coefficient (Wildman–Crippen LogP) is 3.90. The van der Waals surface area contributed by atoms with Crippen LogP contribution in [-0.4, -0.2) is 59.1 Å². The third kappa shape index (κ3) is 3.94. The Hall–Kier alpha value is -3.72. The van der Waals surface area contributed by atoms with Gasteiger partial charge in [0.1, 0.15) is 0 Å². The first-order valence-corrected chi connectivity index (χ1v) is 11.3. The topological polar surface area (TPSA) is 95.1 Å². The van der Waals surface area contributed by atoms with Crippen molar-refractivity contribution in [2.45, 2.75) is 0 Å². The lowest BCUT2D eigenvalue weighted by atomic mass is 10.0. The summed E-state index contributed by atoms with van der Waals surface area (Å²) >= 11 is 1.72. The molecule has 4 heterocycles. The minimum absolute atomic E-state index is 0.0156. The van der Waals surface area contributed by atoms with Crippen molar-refractivity contribution in [3.8, 4) is 21.7 Å². The molecule has 1 aromatic carbocycles. The summed E-state index contributed by atoms with van der Waals surface area (Å²) in [6.07, 6.45) is 5.43. The van der Waals surface area contributed by atoms with Crippen molar-refractivity contribution >= 4 is 39.1 Å². The number of carbonyl (C=O) groups is 1. The Morgan fingerprint density at radius 2 is 2.12 bits per heavy atom. The number of rotatable bonds is 7. The van der Waals surface area contributed by atoms with Gasteiger partial charge in [-0.3, -0.25) is 4.98 Å². The molecule has 3 N–H and O–H groups in total. The van der Waals surface area contributed by atoms with Gasteiger partial charge in [-0.1, -0.05) is 18.2 Å². The summed E-state index contributed by atoms with van der Waals surface area (Å²) in [5.41, 5.74) is 4.16. The van der Waals surface area contributed by atoms with Gasteiger partial charge in [0.05, 0.1) is 22.5 Å². The first-order chi connectivity index (χ1) is 15.7. The Morgan fingerprint density at radius 1 is 1.19 bits per heavy atom. The van der Waals surface area contributed by atoms with Gasteiger partial charge in [0.25, 0.3) is 0 Å². The number of amides is 2. The maximum absolute atomic E-state index is 11.7. The number of thiophene rings is 1. The van der Waals surface area contributed by atoms with E-state index < -0.39 is 0 Å². The lowest BCUT2D eigenvalue weighted by Gasteiger charge is -2.14. The zero-order valence-corrected chi connectivity index (χ0v) is 18.4. The molecule has 8 nitrogen and oxygen atoms in total. The van der Waals surface area contributed by atoms with E-state index in [0.717, 1.165) is 28.4 Å². The van der Waals surface area contributed by atoms with E-state index in [4.69, 9.17) is 4.98 Å². The molecule has 1 aliphatic heterocycles. The summed E-state index contributed by atoms with van der Waals surface area (Å²) in [5.74, 6) is 0.561. The summed E-state index contributed by atoms with van der Waals surface area (Å²) in [6.45, 7) is 2.65. The molecule has 1 saturated heterocycles. The molecule has 3 aromatic heterocycles. The number of nitrogens with one attached hydrogen (secondary N) is 3. The number of carbonyl (C=O) groups excluding carboxylic acids is 1. The van der Waals surface area contributed by atoms with E-state index in [-0.39, 0.29) is 6.03 Å². The van der Waals surface area contributed by atoms with E-state index in [1.807, 2.05) is 31.6 Å². The summed E-state index contributed by atoms with van der Waals surface area (Å²) in [7, 11) is 1.91. The fourth-order valence-corrected chi connectivity index (χ4v) is 5.00. The van der Waals surface area contributed by atoms with Gasteiger partial charge in [0, 0.05) is 61.4 Å². The Bertz CT molecular complexity index is 1270. The molecule has 162 valence electrons. The number of pyridine rings is 1. The predicted molar refractivity (Wildman–Crippen MR) is 129 cm³/mol. The minimum atomic E-state index is -0.0156. The zero-order valence-electron chi connectivity index (χ0n) is 17.6. The average molecular weight is 446 g/mol. The summed E-state index contributed by atoms with van der Waals surface area (Å²) in [6, 6.07) is 12.5. The molecular weight excluding hydrogens is 422 g/mol. The third-order valence-electron chi connectivity index (χ3n) is 5.44. The second-order valence-electron chi connectivity index (χ2n) is 7.42. The molecule has 9 heteroatoms. The molecule has 0 aliphatic carbocycles. The third-order valence-corrected chi connectivity index (χ3v) is 6.65. The largest absolute Gasteiger partial charge is 0.386 e. The quantitative estimate of drug-likeness (QED) is 0.399. The Balaban J connectivity index is 1.40. The lowest BCUT2D eigenvalue weighted by molar-refractivity contribution is 0.219. The first-order valence-electron chi connectivity index (χ1n) is 10.5.